The van der Waals surface area contributed by atoms with Crippen LogP contribution in [0, 0.1) is 11.6 Å². The van der Waals surface area contributed by atoms with Gasteiger partial charge in [0.1, 0.15) is 11.6 Å². The zero-order valence-electron chi connectivity index (χ0n) is 10.5. The van der Waals surface area contributed by atoms with Gasteiger partial charge in [0, 0.05) is 23.2 Å². The zero-order valence-corrected chi connectivity index (χ0v) is 11.2. The lowest BCUT2D eigenvalue weighted by Gasteiger charge is -2.15. The smallest absolute Gasteiger partial charge is 0.127 e. The van der Waals surface area contributed by atoms with Crippen molar-refractivity contribution >= 4 is 11.6 Å². The van der Waals surface area contributed by atoms with Crippen LogP contribution in [0.2, 0.25) is 5.02 Å². The van der Waals surface area contributed by atoms with E-state index in [4.69, 9.17) is 11.6 Å². The molecule has 0 heterocycles. The molecule has 100 valence electrons. The first-order valence-corrected chi connectivity index (χ1v) is 6.37. The van der Waals surface area contributed by atoms with Crippen LogP contribution < -0.4 is 5.32 Å². The van der Waals surface area contributed by atoms with Gasteiger partial charge >= 0.3 is 0 Å². The minimum atomic E-state index is -0.436. The van der Waals surface area contributed by atoms with E-state index >= 15 is 0 Å². The summed E-state index contributed by atoms with van der Waals surface area (Å²) < 4.78 is 26.5. The maximum absolute atomic E-state index is 13.5. The lowest BCUT2D eigenvalue weighted by atomic mass is 10.1. The Balaban J connectivity index is 2.04. The Morgan fingerprint density at radius 2 is 1.95 bits per heavy atom. The van der Waals surface area contributed by atoms with Crippen LogP contribution in [0.3, 0.4) is 0 Å². The molecular formula is C15H14ClF2N. The zero-order chi connectivity index (χ0) is 13.8. The third-order valence-corrected chi connectivity index (χ3v) is 3.19. The van der Waals surface area contributed by atoms with Gasteiger partial charge in [0.05, 0.1) is 0 Å². The molecule has 1 nitrogen and oxygen atoms in total. The van der Waals surface area contributed by atoms with Crippen LogP contribution in [0.25, 0.3) is 0 Å². The van der Waals surface area contributed by atoms with Gasteiger partial charge in [-0.15, -0.1) is 0 Å². The number of nitrogens with one attached hydrogen (secondary N) is 1. The van der Waals surface area contributed by atoms with E-state index in [0.717, 1.165) is 17.7 Å². The largest absolute Gasteiger partial charge is 0.306 e. The summed E-state index contributed by atoms with van der Waals surface area (Å²) in [6.07, 6.45) is 0. The van der Waals surface area contributed by atoms with E-state index in [1.54, 1.807) is 6.07 Å². The van der Waals surface area contributed by atoms with Gasteiger partial charge < -0.3 is 5.32 Å². The Labute approximate surface area is 116 Å². The maximum Gasteiger partial charge on any atom is 0.127 e. The van der Waals surface area contributed by atoms with Crippen molar-refractivity contribution in [2.75, 3.05) is 0 Å². The number of halogens is 3. The first-order chi connectivity index (χ1) is 9.06. The van der Waals surface area contributed by atoms with Crippen molar-refractivity contribution in [3.8, 4) is 0 Å². The summed E-state index contributed by atoms with van der Waals surface area (Å²) in [5.74, 6) is -0.846. The Bertz CT molecular complexity index is 572. The Kier molecular flexibility index (Phi) is 4.51. The molecule has 0 amide bonds. The Morgan fingerprint density at radius 1 is 1.16 bits per heavy atom. The molecule has 0 bridgehead atoms. The normalized spacial score (nSPS) is 12.4. The molecular weight excluding hydrogens is 268 g/mol. The molecule has 0 saturated carbocycles. The first-order valence-electron chi connectivity index (χ1n) is 5.99. The molecule has 0 aliphatic rings. The molecule has 0 fully saturated rings. The molecule has 1 N–H and O–H groups in total. The van der Waals surface area contributed by atoms with Gasteiger partial charge in [-0.05, 0) is 42.8 Å². The van der Waals surface area contributed by atoms with Crippen LogP contribution >= 0.6 is 11.6 Å². The fourth-order valence-electron chi connectivity index (χ4n) is 1.84. The summed E-state index contributed by atoms with van der Waals surface area (Å²) in [6, 6.07) is 10.9. The van der Waals surface area contributed by atoms with Crippen molar-refractivity contribution in [1.29, 1.82) is 0 Å². The molecule has 0 unspecified atom stereocenters. The summed E-state index contributed by atoms with van der Waals surface area (Å²) in [4.78, 5) is 0. The molecule has 19 heavy (non-hydrogen) atoms. The third kappa shape index (κ3) is 3.75. The lowest BCUT2D eigenvalue weighted by Crippen LogP contribution is -2.18. The van der Waals surface area contributed by atoms with E-state index in [0.29, 0.717) is 10.6 Å². The summed E-state index contributed by atoms with van der Waals surface area (Å²) in [5.41, 5.74) is 1.32. The van der Waals surface area contributed by atoms with Crippen LogP contribution in [0.5, 0.6) is 0 Å². The van der Waals surface area contributed by atoms with Crippen LogP contribution in [-0.2, 0) is 6.54 Å². The van der Waals surface area contributed by atoms with Gasteiger partial charge in [0.2, 0.25) is 0 Å². The second kappa shape index (κ2) is 6.13. The number of benzene rings is 2. The van der Waals surface area contributed by atoms with Gasteiger partial charge in [0.25, 0.3) is 0 Å². The fraction of sp³-hybridized carbons (Fsp3) is 0.200. The highest BCUT2D eigenvalue weighted by Crippen LogP contribution is 2.18. The molecule has 2 rings (SSSR count). The molecule has 4 heteroatoms. The molecule has 0 radical (unpaired) electrons. The van der Waals surface area contributed by atoms with Crippen molar-refractivity contribution < 1.29 is 8.78 Å². The second-order valence-corrected chi connectivity index (χ2v) is 4.83. The molecule has 0 saturated heterocycles. The van der Waals surface area contributed by atoms with E-state index in [1.807, 2.05) is 25.1 Å². The molecule has 0 aliphatic carbocycles. The number of hydrogen-bond acceptors (Lipinski definition) is 1. The highest BCUT2D eigenvalue weighted by atomic mass is 35.5. The standard InChI is InChI=1S/C15H14ClF2N/c1-10(11-3-2-4-13(16)7-11)19-9-12-8-14(17)5-6-15(12)18/h2-8,10,19H,9H2,1H3/t10-/m1/s1. The lowest BCUT2D eigenvalue weighted by molar-refractivity contribution is 0.535. The Hall–Kier alpha value is -1.45. The minimum absolute atomic E-state index is 0.00127. The van der Waals surface area contributed by atoms with Crippen molar-refractivity contribution in [1.82, 2.24) is 5.32 Å². The van der Waals surface area contributed by atoms with E-state index in [2.05, 4.69) is 5.32 Å². The summed E-state index contributed by atoms with van der Waals surface area (Å²) in [5, 5.41) is 3.80. The van der Waals surface area contributed by atoms with E-state index in [9.17, 15) is 8.78 Å². The van der Waals surface area contributed by atoms with Gasteiger partial charge in [-0.3, -0.25) is 0 Å². The predicted molar refractivity (Wildman–Crippen MR) is 73.1 cm³/mol. The number of hydrogen-bond donors (Lipinski definition) is 1. The molecule has 0 aromatic heterocycles. The minimum Gasteiger partial charge on any atom is -0.306 e. The SMILES string of the molecule is C[C@@H](NCc1cc(F)ccc1F)c1cccc(Cl)c1. The first kappa shape index (κ1) is 14.0. The monoisotopic (exact) mass is 281 g/mol. The second-order valence-electron chi connectivity index (χ2n) is 4.39. The number of rotatable bonds is 4. The topological polar surface area (TPSA) is 12.0 Å². The van der Waals surface area contributed by atoms with E-state index < -0.39 is 11.6 Å². The highest BCUT2D eigenvalue weighted by molar-refractivity contribution is 6.30. The quantitative estimate of drug-likeness (QED) is 0.872. The molecule has 2 aromatic rings. The van der Waals surface area contributed by atoms with Crippen molar-refractivity contribution in [2.45, 2.75) is 19.5 Å². The van der Waals surface area contributed by atoms with E-state index in [1.165, 1.54) is 6.07 Å². The average Bonchev–Trinajstić information content (AvgIpc) is 2.39. The molecule has 0 aliphatic heterocycles. The molecule has 2 aromatic carbocycles. The maximum atomic E-state index is 13.5. The molecule has 1 atom stereocenters. The fourth-order valence-corrected chi connectivity index (χ4v) is 2.03. The molecule has 0 spiro atoms. The predicted octanol–water partition coefficient (Wildman–Crippen LogP) is 4.47. The summed E-state index contributed by atoms with van der Waals surface area (Å²) in [6.45, 7) is 2.21. The van der Waals surface area contributed by atoms with Gasteiger partial charge in [-0.2, -0.15) is 0 Å². The summed E-state index contributed by atoms with van der Waals surface area (Å²) in [7, 11) is 0. The van der Waals surface area contributed by atoms with Gasteiger partial charge in [0.15, 0.2) is 0 Å². The van der Waals surface area contributed by atoms with Gasteiger partial charge in [-0.25, -0.2) is 8.78 Å². The third-order valence-electron chi connectivity index (χ3n) is 2.96. The van der Waals surface area contributed by atoms with Crippen LogP contribution in [0.1, 0.15) is 24.1 Å². The van der Waals surface area contributed by atoms with Crippen LogP contribution in [0.15, 0.2) is 42.5 Å². The van der Waals surface area contributed by atoms with Crippen LogP contribution in [0.4, 0.5) is 8.78 Å². The van der Waals surface area contributed by atoms with Gasteiger partial charge in [-0.1, -0.05) is 23.7 Å². The van der Waals surface area contributed by atoms with Crippen molar-refractivity contribution in [2.24, 2.45) is 0 Å². The highest BCUT2D eigenvalue weighted by Gasteiger charge is 2.08. The summed E-state index contributed by atoms with van der Waals surface area (Å²) >= 11 is 5.91. The Morgan fingerprint density at radius 3 is 2.68 bits per heavy atom. The van der Waals surface area contributed by atoms with Crippen LogP contribution in [-0.4, -0.2) is 0 Å². The average molecular weight is 282 g/mol. The van der Waals surface area contributed by atoms with Crippen molar-refractivity contribution in [3.63, 3.8) is 0 Å². The van der Waals surface area contributed by atoms with E-state index in [-0.39, 0.29) is 12.6 Å². The van der Waals surface area contributed by atoms with Crippen molar-refractivity contribution in [3.05, 3.63) is 70.2 Å².